The van der Waals surface area contributed by atoms with Crippen molar-refractivity contribution in [3.05, 3.63) is 47.2 Å². The number of benzene rings is 1. The van der Waals surface area contributed by atoms with Gasteiger partial charge < -0.3 is 38.4 Å². The minimum Gasteiger partial charge on any atom is -0.455 e. The second-order valence-corrected chi connectivity index (χ2v) is 11.8. The molecule has 2 aliphatic heterocycles. The highest BCUT2D eigenvalue weighted by molar-refractivity contribution is 5.70. The average molecular weight is 611 g/mol. The van der Waals surface area contributed by atoms with Crippen molar-refractivity contribution in [3.63, 3.8) is 0 Å². The lowest BCUT2D eigenvalue weighted by Gasteiger charge is -2.41. The van der Waals surface area contributed by atoms with Gasteiger partial charge in [0.1, 0.15) is 24.1 Å². The maximum absolute atomic E-state index is 13.1. The molecule has 0 spiro atoms. The van der Waals surface area contributed by atoms with Crippen molar-refractivity contribution in [2.24, 2.45) is 0 Å². The van der Waals surface area contributed by atoms with Gasteiger partial charge in [0.25, 0.3) is 0 Å². The molecule has 0 aliphatic carbocycles. The first-order valence-electron chi connectivity index (χ1n) is 14.7. The van der Waals surface area contributed by atoms with E-state index >= 15 is 0 Å². The number of carbonyl (C=O) groups excluding carboxylic acids is 2. The van der Waals surface area contributed by atoms with Crippen LogP contribution in [0, 0.1) is 11.3 Å². The average Bonchev–Trinajstić information content (AvgIpc) is 2.99. The van der Waals surface area contributed by atoms with E-state index in [2.05, 4.69) is 11.1 Å². The van der Waals surface area contributed by atoms with E-state index in [9.17, 15) is 14.9 Å². The minimum absolute atomic E-state index is 0.109. The molecule has 1 fully saturated rings. The molecule has 1 aromatic heterocycles. The summed E-state index contributed by atoms with van der Waals surface area (Å²) in [5, 5.41) is 9.61. The Morgan fingerprint density at radius 1 is 1.07 bits per heavy atom. The minimum atomic E-state index is -0.651. The van der Waals surface area contributed by atoms with Crippen LogP contribution in [0.25, 0.3) is 0 Å². The van der Waals surface area contributed by atoms with Gasteiger partial charge in [0.2, 0.25) is 0 Å². The number of piperazine rings is 1. The smallest absolute Gasteiger partial charge is 0.410 e. The Morgan fingerprint density at radius 3 is 2.45 bits per heavy atom. The van der Waals surface area contributed by atoms with E-state index in [-0.39, 0.29) is 25.6 Å². The van der Waals surface area contributed by atoms with Crippen LogP contribution in [0.2, 0.25) is 0 Å². The van der Waals surface area contributed by atoms with Gasteiger partial charge in [-0.25, -0.2) is 9.59 Å². The van der Waals surface area contributed by atoms with Crippen LogP contribution in [-0.2, 0) is 38.5 Å². The normalized spacial score (nSPS) is 17.5. The third-order valence-electron chi connectivity index (χ3n) is 7.36. The molecule has 13 heteroatoms. The highest BCUT2D eigenvalue weighted by Crippen LogP contribution is 2.31. The van der Waals surface area contributed by atoms with E-state index in [1.807, 2.05) is 56.0 Å². The Morgan fingerprint density at radius 2 is 1.80 bits per heavy atom. The number of hydrogen-bond acceptors (Lipinski definition) is 11. The second-order valence-electron chi connectivity index (χ2n) is 11.8. The number of nitrogens with zero attached hydrogens (tertiary/aromatic N) is 6. The summed E-state index contributed by atoms with van der Waals surface area (Å²) < 4.78 is 28.0. The molecule has 0 saturated carbocycles. The lowest BCUT2D eigenvalue weighted by molar-refractivity contribution is -0.152. The van der Waals surface area contributed by atoms with Crippen molar-refractivity contribution in [3.8, 4) is 12.1 Å². The molecule has 44 heavy (non-hydrogen) atoms. The number of amides is 2. The van der Waals surface area contributed by atoms with Gasteiger partial charge in [0.15, 0.2) is 6.29 Å². The Bertz CT molecular complexity index is 1330. The molecule has 0 N–H and O–H groups in total. The van der Waals surface area contributed by atoms with Gasteiger partial charge in [-0.05, 0) is 39.7 Å². The fraction of sp³-hybridized carbons (Fsp3) is 0.581. The zero-order chi connectivity index (χ0) is 31.9. The van der Waals surface area contributed by atoms with E-state index in [4.69, 9.17) is 28.7 Å². The number of methoxy groups -OCH3 is 2. The number of rotatable bonds is 9. The summed E-state index contributed by atoms with van der Waals surface area (Å²) in [5.74, 6) is 0.646. The number of nitriles is 1. The molecular weight excluding hydrogens is 568 g/mol. The molecule has 1 saturated heterocycles. The number of fused-ring (bicyclic) bond motifs is 1. The van der Waals surface area contributed by atoms with Crippen LogP contribution < -0.4 is 9.64 Å². The van der Waals surface area contributed by atoms with E-state index in [1.54, 1.807) is 16.7 Å². The molecule has 1 aromatic carbocycles. The quantitative estimate of drug-likeness (QED) is 0.382. The molecule has 4 rings (SSSR count). The maximum Gasteiger partial charge on any atom is 0.410 e. The standard InChI is InChI=1S/C31H42N6O7/c1-21(27(40-5)41-6)43-28-33-25-19-36(29(38)44-31(2,3)4)15-13-24(25)26(34-28)35-16-17-37(23(18-35)12-14-32)30(39)42-20-22-10-8-7-9-11-22/h7-11,21,23,27H,12-13,15-20H2,1-6H3/t21-,23+/m1/s1. The number of carbonyl (C=O) groups is 2. The van der Waals surface area contributed by atoms with Gasteiger partial charge in [0.05, 0.1) is 30.8 Å². The highest BCUT2D eigenvalue weighted by Gasteiger charge is 2.36. The number of hydrogen-bond donors (Lipinski definition) is 0. The molecule has 2 atom stereocenters. The molecule has 2 amide bonds. The Labute approximate surface area is 258 Å². The summed E-state index contributed by atoms with van der Waals surface area (Å²) >= 11 is 0. The predicted molar refractivity (Wildman–Crippen MR) is 160 cm³/mol. The molecule has 2 aromatic rings. The second kappa shape index (κ2) is 14.5. The summed E-state index contributed by atoms with van der Waals surface area (Å²) in [6, 6.07) is 11.4. The number of ether oxygens (including phenoxy) is 5. The Balaban J connectivity index is 1.58. The van der Waals surface area contributed by atoms with Gasteiger partial charge in [-0.3, -0.25) is 0 Å². The third kappa shape index (κ3) is 8.27. The monoisotopic (exact) mass is 610 g/mol. The molecule has 2 aliphatic rings. The molecule has 13 nitrogen and oxygen atoms in total. The van der Waals surface area contributed by atoms with Crippen molar-refractivity contribution in [1.82, 2.24) is 19.8 Å². The fourth-order valence-electron chi connectivity index (χ4n) is 5.26. The Hall–Kier alpha value is -4.15. The first-order valence-corrected chi connectivity index (χ1v) is 14.7. The molecule has 238 valence electrons. The number of anilines is 1. The third-order valence-corrected chi connectivity index (χ3v) is 7.36. The van der Waals surface area contributed by atoms with Crippen molar-refractivity contribution in [2.75, 3.05) is 45.3 Å². The molecule has 0 unspecified atom stereocenters. The van der Waals surface area contributed by atoms with Crippen LogP contribution in [0.3, 0.4) is 0 Å². The van der Waals surface area contributed by atoms with Gasteiger partial charge in [-0.1, -0.05) is 30.3 Å². The molecule has 0 radical (unpaired) electrons. The van der Waals surface area contributed by atoms with Crippen LogP contribution in [0.4, 0.5) is 15.4 Å². The van der Waals surface area contributed by atoms with Crippen molar-refractivity contribution in [1.29, 1.82) is 5.26 Å². The first kappa shape index (κ1) is 32.8. The van der Waals surface area contributed by atoms with Crippen molar-refractivity contribution < 1.29 is 33.3 Å². The largest absolute Gasteiger partial charge is 0.455 e. The predicted octanol–water partition coefficient (Wildman–Crippen LogP) is 3.90. The Kier molecular flexibility index (Phi) is 10.8. The summed E-state index contributed by atoms with van der Waals surface area (Å²) in [6.45, 7) is 9.22. The van der Waals surface area contributed by atoms with Crippen molar-refractivity contribution >= 4 is 18.0 Å². The zero-order valence-electron chi connectivity index (χ0n) is 26.3. The lowest BCUT2D eigenvalue weighted by Crippen LogP contribution is -2.56. The summed E-state index contributed by atoms with van der Waals surface area (Å²) in [7, 11) is 3.04. The topological polar surface area (TPSA) is 140 Å². The van der Waals surface area contributed by atoms with Crippen LogP contribution in [-0.4, -0.2) is 96.4 Å². The summed E-state index contributed by atoms with van der Waals surface area (Å²) in [6.07, 6.45) is -1.45. The number of aromatic nitrogens is 2. The van der Waals surface area contributed by atoms with Gasteiger partial charge in [-0.2, -0.15) is 15.2 Å². The molecular formula is C31H42N6O7. The molecule has 0 bridgehead atoms. The zero-order valence-corrected chi connectivity index (χ0v) is 26.3. The maximum atomic E-state index is 13.1. The fourth-order valence-corrected chi connectivity index (χ4v) is 5.26. The van der Waals surface area contributed by atoms with Gasteiger partial charge in [0, 0.05) is 46.0 Å². The van der Waals surface area contributed by atoms with E-state index in [1.165, 1.54) is 14.2 Å². The van der Waals surface area contributed by atoms with Crippen LogP contribution in [0.1, 0.15) is 50.9 Å². The van der Waals surface area contributed by atoms with Crippen LogP contribution in [0.15, 0.2) is 30.3 Å². The van der Waals surface area contributed by atoms with Gasteiger partial charge in [-0.15, -0.1) is 0 Å². The lowest BCUT2D eigenvalue weighted by atomic mass is 10.0. The van der Waals surface area contributed by atoms with Crippen LogP contribution >= 0.6 is 0 Å². The highest BCUT2D eigenvalue weighted by atomic mass is 16.7. The summed E-state index contributed by atoms with van der Waals surface area (Å²) in [5.41, 5.74) is 1.78. The van der Waals surface area contributed by atoms with E-state index in [0.29, 0.717) is 44.1 Å². The molecule has 3 heterocycles. The summed E-state index contributed by atoms with van der Waals surface area (Å²) in [4.78, 5) is 40.7. The van der Waals surface area contributed by atoms with E-state index < -0.39 is 36.2 Å². The first-order chi connectivity index (χ1) is 21.0. The van der Waals surface area contributed by atoms with Crippen LogP contribution in [0.5, 0.6) is 6.01 Å². The van der Waals surface area contributed by atoms with Gasteiger partial charge >= 0.3 is 18.2 Å². The SMILES string of the molecule is COC(OC)[C@@H](C)Oc1nc2c(c(N3CCN(C(=O)OCc4ccccc4)[C@@H](CC#N)C3)n1)CCN(C(=O)OC(C)(C)C)C2. The van der Waals surface area contributed by atoms with Crippen molar-refractivity contribution in [2.45, 2.75) is 77.7 Å². The van der Waals surface area contributed by atoms with E-state index in [0.717, 1.165) is 11.1 Å².